The van der Waals surface area contributed by atoms with Crippen molar-refractivity contribution in [3.05, 3.63) is 34.4 Å². The van der Waals surface area contributed by atoms with Crippen molar-refractivity contribution < 1.29 is 37.0 Å². The van der Waals surface area contributed by atoms with Gasteiger partial charge in [0, 0.05) is 0 Å². The third-order valence-corrected chi connectivity index (χ3v) is 2.08. The number of hydrogen-bond acceptors (Lipinski definition) is 3. The van der Waals surface area contributed by atoms with E-state index in [1.54, 1.807) is 0 Å². The largest absolute Gasteiger partial charge is 0.477 e. The number of hydrogen-bond donors (Lipinski definition) is 1. The van der Waals surface area contributed by atoms with Gasteiger partial charge in [0.25, 0.3) is 0 Å². The van der Waals surface area contributed by atoms with Crippen molar-refractivity contribution in [3.63, 3.8) is 0 Å². The topological polar surface area (TPSA) is 63.6 Å². The standard InChI is InChI=1S/C12H10F4O4/c1-12(2,3)20-11(19)5-8(15)6(13)4(10(17)18)7(14)9(5)16/h1-3H3,(H,17,18). The van der Waals surface area contributed by atoms with E-state index in [9.17, 15) is 27.2 Å². The summed E-state index contributed by atoms with van der Waals surface area (Å²) in [5.74, 6) is -12.4. The van der Waals surface area contributed by atoms with Crippen LogP contribution in [0.15, 0.2) is 0 Å². The molecule has 0 saturated carbocycles. The zero-order chi connectivity index (χ0) is 15.8. The van der Waals surface area contributed by atoms with Crippen molar-refractivity contribution in [2.45, 2.75) is 26.4 Å². The predicted molar refractivity (Wildman–Crippen MR) is 58.4 cm³/mol. The first-order chi connectivity index (χ1) is 8.97. The first kappa shape index (κ1) is 15.9. The first-order valence-electron chi connectivity index (χ1n) is 5.30. The van der Waals surface area contributed by atoms with Gasteiger partial charge in [0.1, 0.15) is 16.7 Å². The maximum Gasteiger partial charge on any atom is 0.344 e. The lowest BCUT2D eigenvalue weighted by Crippen LogP contribution is -2.26. The molecule has 0 bridgehead atoms. The number of halogens is 4. The summed E-state index contributed by atoms with van der Waals surface area (Å²) in [4.78, 5) is 22.0. The summed E-state index contributed by atoms with van der Waals surface area (Å²) in [7, 11) is 0. The highest BCUT2D eigenvalue weighted by molar-refractivity contribution is 5.94. The summed E-state index contributed by atoms with van der Waals surface area (Å²) >= 11 is 0. The SMILES string of the molecule is CC(C)(C)OC(=O)c1c(F)c(F)c(C(=O)O)c(F)c1F. The van der Waals surface area contributed by atoms with Crippen LogP contribution in [-0.2, 0) is 4.74 Å². The molecular formula is C12H10F4O4. The molecular weight excluding hydrogens is 284 g/mol. The Morgan fingerprint density at radius 1 is 0.900 bits per heavy atom. The van der Waals surface area contributed by atoms with Crippen LogP contribution in [0.25, 0.3) is 0 Å². The third kappa shape index (κ3) is 2.89. The molecule has 4 nitrogen and oxygen atoms in total. The Balaban J connectivity index is 3.52. The monoisotopic (exact) mass is 294 g/mol. The van der Waals surface area contributed by atoms with Crippen molar-refractivity contribution in [2.75, 3.05) is 0 Å². The number of aromatic carboxylic acids is 1. The number of carbonyl (C=O) groups excluding carboxylic acids is 1. The molecule has 0 aliphatic heterocycles. The molecule has 0 radical (unpaired) electrons. The Labute approximate surface area is 111 Å². The molecule has 0 fully saturated rings. The molecule has 1 aromatic carbocycles. The quantitative estimate of drug-likeness (QED) is 0.517. The van der Waals surface area contributed by atoms with E-state index in [1.165, 1.54) is 20.8 Å². The molecule has 0 atom stereocenters. The second-order valence-electron chi connectivity index (χ2n) is 4.81. The zero-order valence-corrected chi connectivity index (χ0v) is 10.7. The average Bonchev–Trinajstić information content (AvgIpc) is 2.24. The van der Waals surface area contributed by atoms with Crippen LogP contribution in [0, 0.1) is 23.3 Å². The molecule has 0 aliphatic carbocycles. The highest BCUT2D eigenvalue weighted by Gasteiger charge is 2.34. The molecule has 1 N–H and O–H groups in total. The minimum absolute atomic E-state index is 1.16. The molecule has 0 aliphatic rings. The summed E-state index contributed by atoms with van der Waals surface area (Å²) in [5.41, 5.74) is -4.58. The van der Waals surface area contributed by atoms with Gasteiger partial charge in [-0.2, -0.15) is 0 Å². The highest BCUT2D eigenvalue weighted by Crippen LogP contribution is 2.26. The Morgan fingerprint density at radius 3 is 1.55 bits per heavy atom. The fraction of sp³-hybridized carbons (Fsp3) is 0.333. The third-order valence-electron chi connectivity index (χ3n) is 2.08. The lowest BCUT2D eigenvalue weighted by molar-refractivity contribution is 0.00561. The molecule has 0 unspecified atom stereocenters. The van der Waals surface area contributed by atoms with Gasteiger partial charge in [-0.25, -0.2) is 27.2 Å². The second kappa shape index (κ2) is 5.10. The van der Waals surface area contributed by atoms with Crippen LogP contribution in [0.4, 0.5) is 17.6 Å². The number of ether oxygens (including phenoxy) is 1. The normalized spacial score (nSPS) is 11.3. The fourth-order valence-electron chi connectivity index (χ4n) is 1.33. The van der Waals surface area contributed by atoms with E-state index >= 15 is 0 Å². The Kier molecular flexibility index (Phi) is 4.07. The van der Waals surface area contributed by atoms with E-state index in [-0.39, 0.29) is 0 Å². The van der Waals surface area contributed by atoms with Gasteiger partial charge in [-0.1, -0.05) is 0 Å². The highest BCUT2D eigenvalue weighted by atomic mass is 19.2. The van der Waals surface area contributed by atoms with Crippen LogP contribution >= 0.6 is 0 Å². The fourth-order valence-corrected chi connectivity index (χ4v) is 1.33. The van der Waals surface area contributed by atoms with Crippen molar-refractivity contribution in [3.8, 4) is 0 Å². The van der Waals surface area contributed by atoms with Crippen LogP contribution in [0.2, 0.25) is 0 Å². The van der Waals surface area contributed by atoms with Gasteiger partial charge in [-0.15, -0.1) is 0 Å². The van der Waals surface area contributed by atoms with Crippen molar-refractivity contribution in [1.29, 1.82) is 0 Å². The minimum Gasteiger partial charge on any atom is -0.477 e. The summed E-state index contributed by atoms with van der Waals surface area (Å²) in [6.07, 6.45) is 0. The Hall–Kier alpha value is -2.12. The maximum atomic E-state index is 13.5. The summed E-state index contributed by atoms with van der Waals surface area (Å²) in [6.45, 7) is 4.12. The summed E-state index contributed by atoms with van der Waals surface area (Å²) in [5, 5.41) is 8.48. The van der Waals surface area contributed by atoms with Gasteiger partial charge in [0.15, 0.2) is 23.3 Å². The van der Waals surface area contributed by atoms with Crippen molar-refractivity contribution >= 4 is 11.9 Å². The molecule has 1 aromatic rings. The summed E-state index contributed by atoms with van der Waals surface area (Å²) < 4.78 is 58.4. The molecule has 0 amide bonds. The van der Waals surface area contributed by atoms with Crippen LogP contribution < -0.4 is 0 Å². The Bertz CT molecular complexity index is 561. The van der Waals surface area contributed by atoms with Crippen LogP contribution in [-0.4, -0.2) is 22.6 Å². The van der Waals surface area contributed by atoms with E-state index in [0.717, 1.165) is 0 Å². The molecule has 0 aromatic heterocycles. The number of rotatable bonds is 2. The smallest absolute Gasteiger partial charge is 0.344 e. The van der Waals surface area contributed by atoms with Crippen LogP contribution in [0.3, 0.4) is 0 Å². The van der Waals surface area contributed by atoms with Crippen molar-refractivity contribution in [1.82, 2.24) is 0 Å². The predicted octanol–water partition coefficient (Wildman–Crippen LogP) is 2.90. The molecule has 0 heterocycles. The van der Waals surface area contributed by atoms with Gasteiger partial charge in [-0.05, 0) is 20.8 Å². The molecule has 0 saturated heterocycles. The van der Waals surface area contributed by atoms with Crippen molar-refractivity contribution in [2.24, 2.45) is 0 Å². The zero-order valence-electron chi connectivity index (χ0n) is 10.7. The number of esters is 1. The second-order valence-corrected chi connectivity index (χ2v) is 4.81. The van der Waals surface area contributed by atoms with E-state index in [1.807, 2.05) is 0 Å². The van der Waals surface area contributed by atoms with Gasteiger partial charge >= 0.3 is 11.9 Å². The first-order valence-corrected chi connectivity index (χ1v) is 5.30. The summed E-state index contributed by atoms with van der Waals surface area (Å²) in [6, 6.07) is 0. The van der Waals surface area contributed by atoms with E-state index < -0.39 is 51.9 Å². The molecule has 8 heteroatoms. The minimum atomic E-state index is -2.20. The van der Waals surface area contributed by atoms with Crippen LogP contribution in [0.5, 0.6) is 0 Å². The van der Waals surface area contributed by atoms with E-state index in [0.29, 0.717) is 0 Å². The maximum absolute atomic E-state index is 13.5. The van der Waals surface area contributed by atoms with Crippen LogP contribution in [0.1, 0.15) is 41.5 Å². The number of benzene rings is 1. The Morgan fingerprint density at radius 2 is 1.25 bits per heavy atom. The molecule has 20 heavy (non-hydrogen) atoms. The number of carboxylic acids is 1. The van der Waals surface area contributed by atoms with Gasteiger partial charge in [-0.3, -0.25) is 0 Å². The number of carbonyl (C=O) groups is 2. The number of carboxylic acid groups (broad SMARTS) is 1. The average molecular weight is 294 g/mol. The lowest BCUT2D eigenvalue weighted by atomic mass is 10.1. The van der Waals surface area contributed by atoms with Gasteiger partial charge in [0.05, 0.1) is 0 Å². The van der Waals surface area contributed by atoms with Gasteiger partial charge in [0.2, 0.25) is 0 Å². The molecule has 110 valence electrons. The molecule has 1 rings (SSSR count). The van der Waals surface area contributed by atoms with E-state index in [4.69, 9.17) is 5.11 Å². The van der Waals surface area contributed by atoms with Gasteiger partial charge < -0.3 is 9.84 Å². The lowest BCUT2D eigenvalue weighted by Gasteiger charge is -2.20. The van der Waals surface area contributed by atoms with E-state index in [2.05, 4.69) is 4.74 Å². The molecule has 0 spiro atoms.